The quantitative estimate of drug-likeness (QED) is 0.365. The molecule has 3 N–H and O–H groups in total. The van der Waals surface area contributed by atoms with E-state index in [1.165, 1.54) is 30.7 Å². The van der Waals surface area contributed by atoms with Crippen molar-refractivity contribution in [3.05, 3.63) is 39.8 Å². The highest BCUT2D eigenvalue weighted by molar-refractivity contribution is 7.17. The number of methoxy groups -OCH3 is 1. The minimum absolute atomic E-state index is 0.0165. The molecule has 1 aromatic carbocycles. The predicted molar refractivity (Wildman–Crippen MR) is 116 cm³/mol. The van der Waals surface area contributed by atoms with Crippen LogP contribution in [-0.2, 0) is 17.6 Å². The van der Waals surface area contributed by atoms with Crippen molar-refractivity contribution in [1.82, 2.24) is 5.43 Å². The molecule has 1 aromatic heterocycles. The molecule has 0 radical (unpaired) electrons. The van der Waals surface area contributed by atoms with Crippen LogP contribution in [0.1, 0.15) is 46.6 Å². The summed E-state index contributed by atoms with van der Waals surface area (Å²) in [5.74, 6) is 0.447. The van der Waals surface area contributed by atoms with Gasteiger partial charge in [-0.05, 0) is 61.4 Å². The number of benzene rings is 1. The Morgan fingerprint density at radius 2 is 2.20 bits per heavy atom. The van der Waals surface area contributed by atoms with Gasteiger partial charge in [-0.1, -0.05) is 6.92 Å². The number of aromatic hydroxyl groups is 1. The Bertz CT molecular complexity index is 970. The van der Waals surface area contributed by atoms with Crippen LogP contribution in [0.4, 0.5) is 9.80 Å². The zero-order valence-electron chi connectivity index (χ0n) is 17.2. The van der Waals surface area contributed by atoms with Crippen LogP contribution >= 0.6 is 11.3 Å². The fourth-order valence-corrected chi connectivity index (χ4v) is 4.72. The molecule has 1 aliphatic rings. The molecule has 1 heterocycles. The van der Waals surface area contributed by atoms with Crippen molar-refractivity contribution < 1.29 is 24.2 Å². The van der Waals surface area contributed by atoms with Crippen LogP contribution in [0.2, 0.25) is 0 Å². The third kappa shape index (κ3) is 4.91. The molecule has 0 saturated heterocycles. The molecule has 1 aliphatic carbocycles. The van der Waals surface area contributed by atoms with E-state index in [0.717, 1.165) is 29.7 Å². The second-order valence-electron chi connectivity index (χ2n) is 7.03. The first-order chi connectivity index (χ1) is 14.4. The van der Waals surface area contributed by atoms with Crippen LogP contribution in [0.15, 0.2) is 23.3 Å². The van der Waals surface area contributed by atoms with Gasteiger partial charge in [-0.2, -0.15) is 5.10 Å². The number of anilines is 1. The molecule has 160 valence electrons. The van der Waals surface area contributed by atoms with E-state index in [2.05, 4.69) is 22.8 Å². The summed E-state index contributed by atoms with van der Waals surface area (Å²) in [4.78, 5) is 26.0. The largest absolute Gasteiger partial charge is 0.504 e. The maximum atomic E-state index is 12.5. The van der Waals surface area contributed by atoms with E-state index in [1.807, 2.05) is 0 Å². The zero-order chi connectivity index (χ0) is 21.7. The molecular formula is C21H25N3O5S. The topological polar surface area (TPSA) is 109 Å². The summed E-state index contributed by atoms with van der Waals surface area (Å²) in [6.45, 7) is 4.21. The van der Waals surface area contributed by atoms with Gasteiger partial charge in [0.05, 0.1) is 25.5 Å². The van der Waals surface area contributed by atoms with Crippen molar-refractivity contribution >= 4 is 34.6 Å². The van der Waals surface area contributed by atoms with Crippen molar-refractivity contribution in [2.45, 2.75) is 33.1 Å². The second kappa shape index (κ2) is 9.62. The number of carbonyl (C=O) groups excluding carboxylic acids is 2. The normalized spacial score (nSPS) is 15.5. The van der Waals surface area contributed by atoms with Crippen LogP contribution in [-0.4, -0.2) is 37.0 Å². The van der Waals surface area contributed by atoms with Gasteiger partial charge in [0.1, 0.15) is 5.00 Å². The van der Waals surface area contributed by atoms with E-state index in [-0.39, 0.29) is 12.4 Å². The van der Waals surface area contributed by atoms with Crippen molar-refractivity contribution in [3.8, 4) is 11.5 Å². The zero-order valence-corrected chi connectivity index (χ0v) is 18.0. The minimum atomic E-state index is -0.561. The van der Waals surface area contributed by atoms with E-state index in [0.29, 0.717) is 27.8 Å². The Morgan fingerprint density at radius 3 is 2.93 bits per heavy atom. The van der Waals surface area contributed by atoms with E-state index in [1.54, 1.807) is 19.1 Å². The number of urea groups is 1. The number of hydrazone groups is 1. The first-order valence-electron chi connectivity index (χ1n) is 9.71. The van der Waals surface area contributed by atoms with Gasteiger partial charge in [-0.25, -0.2) is 15.0 Å². The number of phenolic OH excluding ortho intramolecular Hbond substituents is 1. The fourth-order valence-electron chi connectivity index (χ4n) is 3.33. The Labute approximate surface area is 178 Å². The molecular weight excluding hydrogens is 406 g/mol. The van der Waals surface area contributed by atoms with Crippen molar-refractivity contribution in [1.29, 1.82) is 0 Å². The first kappa shape index (κ1) is 21.6. The Hall–Kier alpha value is -3.07. The van der Waals surface area contributed by atoms with E-state index < -0.39 is 12.0 Å². The number of hydrogen-bond donors (Lipinski definition) is 3. The average Bonchev–Trinajstić information content (AvgIpc) is 3.06. The standard InChI is InChI=1S/C21H25N3O5S/c1-4-29-20(26)18-14-7-5-12(2)9-17(14)30-19(18)23-21(27)24-22-11-13-6-8-15(25)16(10-13)28-3/h6,8,10-12,25H,4-5,7,9H2,1-3H3,(H2,23,24,27)/b22-11+. The molecule has 30 heavy (non-hydrogen) atoms. The summed E-state index contributed by atoms with van der Waals surface area (Å²) in [5.41, 5.74) is 4.45. The lowest BCUT2D eigenvalue weighted by molar-refractivity contribution is 0.0526. The molecule has 8 nitrogen and oxygen atoms in total. The SMILES string of the molecule is CCOC(=O)c1c(NC(=O)N/N=C/c2ccc(O)c(OC)c2)sc2c1CCC(C)C2. The van der Waals surface area contributed by atoms with Gasteiger partial charge in [0.25, 0.3) is 0 Å². The number of nitrogens with one attached hydrogen (secondary N) is 2. The Morgan fingerprint density at radius 1 is 1.40 bits per heavy atom. The van der Waals surface area contributed by atoms with Crippen LogP contribution in [0, 0.1) is 5.92 Å². The van der Waals surface area contributed by atoms with E-state index in [9.17, 15) is 14.7 Å². The molecule has 9 heteroatoms. The fraction of sp³-hybridized carbons (Fsp3) is 0.381. The number of hydrogen-bond acceptors (Lipinski definition) is 7. The van der Waals surface area contributed by atoms with Crippen LogP contribution in [0.5, 0.6) is 11.5 Å². The number of esters is 1. The maximum absolute atomic E-state index is 12.5. The van der Waals surface area contributed by atoms with Gasteiger partial charge < -0.3 is 14.6 Å². The van der Waals surface area contributed by atoms with Gasteiger partial charge in [-0.15, -0.1) is 11.3 Å². The summed E-state index contributed by atoms with van der Waals surface area (Å²) >= 11 is 1.42. The Balaban J connectivity index is 1.72. The van der Waals surface area contributed by atoms with Gasteiger partial charge >= 0.3 is 12.0 Å². The number of ether oxygens (including phenoxy) is 2. The third-order valence-corrected chi connectivity index (χ3v) is 5.97. The minimum Gasteiger partial charge on any atom is -0.504 e. The van der Waals surface area contributed by atoms with Gasteiger partial charge in [0.2, 0.25) is 0 Å². The number of fused-ring (bicyclic) bond motifs is 1. The lowest BCUT2D eigenvalue weighted by Gasteiger charge is -2.18. The molecule has 0 aliphatic heterocycles. The van der Waals surface area contributed by atoms with Crippen LogP contribution in [0.25, 0.3) is 0 Å². The number of carbonyl (C=O) groups is 2. The number of phenols is 1. The summed E-state index contributed by atoms with van der Waals surface area (Å²) in [6.07, 6.45) is 4.11. The lowest BCUT2D eigenvalue weighted by Crippen LogP contribution is -2.25. The highest BCUT2D eigenvalue weighted by atomic mass is 32.1. The molecule has 2 amide bonds. The first-order valence-corrected chi connectivity index (χ1v) is 10.5. The van der Waals surface area contributed by atoms with Crippen molar-refractivity contribution in [2.75, 3.05) is 19.0 Å². The van der Waals surface area contributed by atoms with E-state index >= 15 is 0 Å². The summed E-state index contributed by atoms with van der Waals surface area (Å²) in [6, 6.07) is 4.14. The van der Waals surface area contributed by atoms with Crippen LogP contribution < -0.4 is 15.5 Å². The highest BCUT2D eigenvalue weighted by Crippen LogP contribution is 2.40. The monoisotopic (exact) mass is 431 g/mol. The van der Waals surface area contributed by atoms with E-state index in [4.69, 9.17) is 9.47 Å². The third-order valence-electron chi connectivity index (χ3n) is 4.80. The molecule has 0 bridgehead atoms. The molecule has 0 fully saturated rings. The Kier molecular flexibility index (Phi) is 6.94. The second-order valence-corrected chi connectivity index (χ2v) is 8.14. The lowest BCUT2D eigenvalue weighted by atomic mass is 9.88. The average molecular weight is 432 g/mol. The van der Waals surface area contributed by atoms with Crippen molar-refractivity contribution in [3.63, 3.8) is 0 Å². The molecule has 2 aromatic rings. The van der Waals surface area contributed by atoms with Crippen molar-refractivity contribution in [2.24, 2.45) is 11.0 Å². The summed E-state index contributed by atoms with van der Waals surface area (Å²) in [7, 11) is 1.45. The number of rotatable bonds is 6. The smallest absolute Gasteiger partial charge is 0.341 e. The predicted octanol–water partition coefficient (Wildman–Crippen LogP) is 3.92. The molecule has 3 rings (SSSR count). The highest BCUT2D eigenvalue weighted by Gasteiger charge is 2.29. The molecule has 1 atom stereocenters. The number of thiophene rings is 1. The summed E-state index contributed by atoms with van der Waals surface area (Å²) in [5, 5.41) is 16.7. The number of amides is 2. The molecule has 0 saturated carbocycles. The summed E-state index contributed by atoms with van der Waals surface area (Å²) < 4.78 is 10.2. The van der Waals surface area contributed by atoms with Crippen LogP contribution in [0.3, 0.4) is 0 Å². The van der Waals surface area contributed by atoms with Gasteiger partial charge in [-0.3, -0.25) is 5.32 Å². The number of nitrogens with zero attached hydrogens (tertiary/aromatic N) is 1. The molecule has 1 unspecified atom stereocenters. The molecule has 0 spiro atoms. The van der Waals surface area contributed by atoms with Gasteiger partial charge in [0.15, 0.2) is 11.5 Å². The maximum Gasteiger partial charge on any atom is 0.341 e. The van der Waals surface area contributed by atoms with Gasteiger partial charge in [0, 0.05) is 4.88 Å².